The Bertz CT molecular complexity index is 1030. The second-order valence-corrected chi connectivity index (χ2v) is 9.44. The minimum Gasteiger partial charge on any atom is -0.479 e. The summed E-state index contributed by atoms with van der Waals surface area (Å²) in [5, 5.41) is 23.8. The van der Waals surface area contributed by atoms with Gasteiger partial charge in [-0.05, 0) is 35.1 Å². The van der Waals surface area contributed by atoms with Crippen molar-refractivity contribution in [2.45, 2.75) is 50.5 Å². The number of carboxylic acids is 1. The average Bonchev–Trinajstić information content (AvgIpc) is 3.00. The minimum atomic E-state index is -1.67. The van der Waals surface area contributed by atoms with Crippen LogP contribution in [0.25, 0.3) is 11.1 Å². The van der Waals surface area contributed by atoms with Gasteiger partial charge in [0.05, 0.1) is 12.0 Å². The molecule has 1 fully saturated rings. The first kappa shape index (κ1) is 24.7. The first-order valence-electron chi connectivity index (χ1n) is 12.2. The number of carbonyl (C=O) groups excluding carboxylic acids is 2. The molecule has 1 unspecified atom stereocenters. The molecule has 0 aromatic heterocycles. The number of hydrogen-bond acceptors (Lipinski definition) is 5. The van der Waals surface area contributed by atoms with E-state index in [4.69, 9.17) is 9.84 Å². The molecule has 186 valence electrons. The van der Waals surface area contributed by atoms with Gasteiger partial charge in [0, 0.05) is 12.5 Å². The molecule has 2 aromatic rings. The molecule has 2 amide bonds. The highest BCUT2D eigenvalue weighted by Crippen LogP contribution is 2.44. The van der Waals surface area contributed by atoms with Crippen LogP contribution in [-0.2, 0) is 14.3 Å². The number of aliphatic hydroxyl groups excluding tert-OH is 1. The third-order valence-electron chi connectivity index (χ3n) is 7.20. The number of amides is 2. The van der Waals surface area contributed by atoms with Crippen LogP contribution in [-0.4, -0.2) is 54.0 Å². The summed E-state index contributed by atoms with van der Waals surface area (Å²) in [6, 6.07) is 16.2. The van der Waals surface area contributed by atoms with Crippen molar-refractivity contribution in [3.8, 4) is 11.1 Å². The third kappa shape index (κ3) is 5.48. The Morgan fingerprint density at radius 1 is 0.914 bits per heavy atom. The predicted octanol–water partition coefficient (Wildman–Crippen LogP) is 3.43. The lowest BCUT2D eigenvalue weighted by Crippen LogP contribution is -2.50. The van der Waals surface area contributed by atoms with E-state index in [1.807, 2.05) is 24.3 Å². The molecule has 0 aliphatic heterocycles. The van der Waals surface area contributed by atoms with E-state index >= 15 is 0 Å². The molecule has 0 bridgehead atoms. The largest absolute Gasteiger partial charge is 0.479 e. The van der Waals surface area contributed by atoms with Crippen LogP contribution in [0.3, 0.4) is 0 Å². The zero-order valence-electron chi connectivity index (χ0n) is 19.7. The summed E-state index contributed by atoms with van der Waals surface area (Å²) in [6.07, 6.45) is 2.56. The summed E-state index contributed by atoms with van der Waals surface area (Å²) >= 11 is 0. The molecule has 4 N–H and O–H groups in total. The van der Waals surface area contributed by atoms with Crippen LogP contribution in [0.15, 0.2) is 48.5 Å². The molecule has 8 heteroatoms. The van der Waals surface area contributed by atoms with Crippen molar-refractivity contribution in [2.24, 2.45) is 5.41 Å². The van der Waals surface area contributed by atoms with Crippen LogP contribution in [0.5, 0.6) is 0 Å². The fourth-order valence-corrected chi connectivity index (χ4v) is 5.24. The Hall–Kier alpha value is -3.39. The minimum absolute atomic E-state index is 0.0548. The Morgan fingerprint density at radius 3 is 2.06 bits per heavy atom. The summed E-state index contributed by atoms with van der Waals surface area (Å²) in [5.74, 6) is -1.79. The Balaban J connectivity index is 1.38. The monoisotopic (exact) mass is 480 g/mol. The van der Waals surface area contributed by atoms with Crippen molar-refractivity contribution < 1.29 is 29.3 Å². The number of carbonyl (C=O) groups is 3. The topological polar surface area (TPSA) is 125 Å². The van der Waals surface area contributed by atoms with Crippen molar-refractivity contribution in [1.82, 2.24) is 10.6 Å². The van der Waals surface area contributed by atoms with Crippen molar-refractivity contribution in [3.63, 3.8) is 0 Å². The highest BCUT2D eigenvalue weighted by molar-refractivity contribution is 5.84. The molecule has 2 aliphatic rings. The lowest BCUT2D eigenvalue weighted by Gasteiger charge is -2.31. The molecule has 2 aromatic carbocycles. The number of alkyl carbamates (subject to hydrolysis) is 1. The van der Waals surface area contributed by atoms with Gasteiger partial charge in [-0.1, -0.05) is 74.2 Å². The van der Waals surface area contributed by atoms with Gasteiger partial charge in [-0.3, -0.25) is 4.79 Å². The van der Waals surface area contributed by atoms with E-state index < -0.39 is 23.6 Å². The van der Waals surface area contributed by atoms with Crippen LogP contribution >= 0.6 is 0 Å². The van der Waals surface area contributed by atoms with Gasteiger partial charge in [0.15, 0.2) is 6.10 Å². The van der Waals surface area contributed by atoms with Gasteiger partial charge in [-0.2, -0.15) is 0 Å². The van der Waals surface area contributed by atoms with Gasteiger partial charge in [-0.15, -0.1) is 0 Å². The highest BCUT2D eigenvalue weighted by Gasteiger charge is 2.39. The summed E-state index contributed by atoms with van der Waals surface area (Å²) in [7, 11) is 0. The molecule has 0 heterocycles. The van der Waals surface area contributed by atoms with Crippen molar-refractivity contribution in [2.75, 3.05) is 19.7 Å². The van der Waals surface area contributed by atoms with E-state index in [9.17, 15) is 19.5 Å². The van der Waals surface area contributed by atoms with E-state index in [2.05, 4.69) is 34.9 Å². The Morgan fingerprint density at radius 2 is 1.49 bits per heavy atom. The quantitative estimate of drug-likeness (QED) is 0.429. The van der Waals surface area contributed by atoms with Crippen LogP contribution in [0, 0.1) is 5.41 Å². The summed E-state index contributed by atoms with van der Waals surface area (Å²) < 4.78 is 5.62. The molecule has 8 nitrogen and oxygen atoms in total. The number of hydrogen-bond donors (Lipinski definition) is 4. The van der Waals surface area contributed by atoms with Crippen molar-refractivity contribution in [1.29, 1.82) is 0 Å². The SMILES string of the molecule is O=C(NCC1(C(=O)NCC(O)C(=O)O)CCCCCC1)OCC1c2ccccc2-c2ccccc21. The summed E-state index contributed by atoms with van der Waals surface area (Å²) in [6.45, 7) is -0.0939. The number of aliphatic hydroxyl groups is 1. The van der Waals surface area contributed by atoms with Gasteiger partial charge in [0.1, 0.15) is 6.61 Å². The number of nitrogens with one attached hydrogen (secondary N) is 2. The van der Waals surface area contributed by atoms with Gasteiger partial charge in [0.2, 0.25) is 5.91 Å². The number of rotatable bonds is 8. The van der Waals surface area contributed by atoms with Gasteiger partial charge < -0.3 is 25.6 Å². The van der Waals surface area contributed by atoms with E-state index in [0.29, 0.717) is 12.8 Å². The van der Waals surface area contributed by atoms with Crippen LogP contribution < -0.4 is 10.6 Å². The smallest absolute Gasteiger partial charge is 0.407 e. The number of aliphatic carboxylic acids is 1. The average molecular weight is 481 g/mol. The predicted molar refractivity (Wildman–Crippen MR) is 130 cm³/mol. The first-order valence-corrected chi connectivity index (χ1v) is 12.2. The maximum Gasteiger partial charge on any atom is 0.407 e. The van der Waals surface area contributed by atoms with Gasteiger partial charge in [-0.25, -0.2) is 9.59 Å². The van der Waals surface area contributed by atoms with Gasteiger partial charge in [0.25, 0.3) is 0 Å². The van der Waals surface area contributed by atoms with E-state index in [-0.39, 0.29) is 31.5 Å². The number of ether oxygens (including phenoxy) is 1. The van der Waals surface area contributed by atoms with Crippen LogP contribution in [0.2, 0.25) is 0 Å². The molecular weight excluding hydrogens is 448 g/mol. The van der Waals surface area contributed by atoms with Crippen LogP contribution in [0.4, 0.5) is 4.79 Å². The Kier molecular flexibility index (Phi) is 7.70. The lowest BCUT2D eigenvalue weighted by atomic mass is 9.79. The second-order valence-electron chi connectivity index (χ2n) is 9.44. The van der Waals surface area contributed by atoms with Gasteiger partial charge >= 0.3 is 12.1 Å². The zero-order valence-corrected chi connectivity index (χ0v) is 19.7. The number of fused-ring (bicyclic) bond motifs is 3. The third-order valence-corrected chi connectivity index (χ3v) is 7.20. The number of benzene rings is 2. The molecule has 1 saturated carbocycles. The Labute approximate surface area is 204 Å². The first-order chi connectivity index (χ1) is 16.9. The molecule has 35 heavy (non-hydrogen) atoms. The molecule has 0 radical (unpaired) electrons. The van der Waals surface area contributed by atoms with Crippen molar-refractivity contribution in [3.05, 3.63) is 59.7 Å². The lowest BCUT2D eigenvalue weighted by molar-refractivity contribution is -0.146. The van der Waals surface area contributed by atoms with E-state index in [1.165, 1.54) is 0 Å². The zero-order chi connectivity index (χ0) is 24.8. The summed E-state index contributed by atoms with van der Waals surface area (Å²) in [4.78, 5) is 36.6. The molecule has 1 atom stereocenters. The number of carboxylic acid groups (broad SMARTS) is 1. The fraction of sp³-hybridized carbons (Fsp3) is 0.444. The standard InChI is InChI=1S/C27H32N2O6/c30-23(24(31)32)15-28-25(33)27(13-7-1-2-8-14-27)17-29-26(34)35-16-22-20-11-5-3-9-18(20)19-10-4-6-12-21(19)22/h3-6,9-12,22-23,30H,1-2,7-8,13-17H2,(H,28,33)(H,29,34)(H,31,32). The summed E-state index contributed by atoms with van der Waals surface area (Å²) in [5.41, 5.74) is 3.68. The van der Waals surface area contributed by atoms with E-state index in [0.717, 1.165) is 47.9 Å². The maximum absolute atomic E-state index is 13.0. The maximum atomic E-state index is 13.0. The van der Waals surface area contributed by atoms with Crippen LogP contribution in [0.1, 0.15) is 55.6 Å². The highest BCUT2D eigenvalue weighted by atomic mass is 16.5. The van der Waals surface area contributed by atoms with E-state index in [1.54, 1.807) is 0 Å². The molecule has 0 spiro atoms. The molecule has 0 saturated heterocycles. The second kappa shape index (κ2) is 10.9. The normalized spacial score (nSPS) is 17.4. The molecule has 2 aliphatic carbocycles. The van der Waals surface area contributed by atoms with Crippen molar-refractivity contribution >= 4 is 18.0 Å². The molecule has 4 rings (SSSR count). The molecular formula is C27H32N2O6. The fourth-order valence-electron chi connectivity index (χ4n) is 5.24.